The van der Waals surface area contributed by atoms with Crippen LogP contribution in [-0.4, -0.2) is 54.7 Å². The average molecular weight is 201 g/mol. The largest absolute Gasteiger partial charge is 0.395 e. The number of hydrogen-bond acceptors (Lipinski definition) is 4. The molecular weight excluding hydrogens is 182 g/mol. The smallest absolute Gasteiger partial charge is 0.234 e. The van der Waals surface area contributed by atoms with Crippen LogP contribution in [0, 0.1) is 0 Å². The van der Waals surface area contributed by atoms with Gasteiger partial charge in [0.1, 0.15) is 0 Å². The first-order chi connectivity index (χ1) is 6.72. The Morgan fingerprint density at radius 2 is 2.14 bits per heavy atom. The number of nitrogens with one attached hydrogen (secondary N) is 1. The molecule has 14 heavy (non-hydrogen) atoms. The fraction of sp³-hybridized carbons (Fsp3) is 0.889. The number of aliphatic hydroxyl groups is 1. The maximum Gasteiger partial charge on any atom is 0.234 e. The maximum absolute atomic E-state index is 11.3. The van der Waals surface area contributed by atoms with Gasteiger partial charge in [0.25, 0.3) is 0 Å². The van der Waals surface area contributed by atoms with Crippen LogP contribution in [0.15, 0.2) is 0 Å². The Bertz CT molecular complexity index is 179. The third kappa shape index (κ3) is 4.04. The number of hydrogen-bond donors (Lipinski definition) is 3. The van der Waals surface area contributed by atoms with Crippen molar-refractivity contribution < 1.29 is 9.90 Å². The Morgan fingerprint density at radius 1 is 1.50 bits per heavy atom. The molecule has 0 bridgehead atoms. The van der Waals surface area contributed by atoms with Gasteiger partial charge in [-0.3, -0.25) is 9.69 Å². The van der Waals surface area contributed by atoms with E-state index in [1.54, 1.807) is 0 Å². The van der Waals surface area contributed by atoms with Crippen molar-refractivity contribution in [1.82, 2.24) is 10.2 Å². The average Bonchev–Trinajstić information content (AvgIpc) is 2.18. The third-order valence-corrected chi connectivity index (χ3v) is 2.43. The van der Waals surface area contributed by atoms with E-state index in [1.165, 1.54) is 0 Å². The van der Waals surface area contributed by atoms with Gasteiger partial charge in [0, 0.05) is 25.7 Å². The summed E-state index contributed by atoms with van der Waals surface area (Å²) >= 11 is 0. The minimum absolute atomic E-state index is 0.00336. The zero-order chi connectivity index (χ0) is 10.4. The monoisotopic (exact) mass is 201 g/mol. The lowest BCUT2D eigenvalue weighted by molar-refractivity contribution is -0.122. The zero-order valence-corrected chi connectivity index (χ0v) is 8.41. The summed E-state index contributed by atoms with van der Waals surface area (Å²) in [6, 6.07) is 0.298. The fourth-order valence-electron chi connectivity index (χ4n) is 1.57. The van der Waals surface area contributed by atoms with Gasteiger partial charge in [-0.25, -0.2) is 0 Å². The second-order valence-electron chi connectivity index (χ2n) is 3.69. The molecule has 1 fully saturated rings. The number of amides is 1. The molecule has 0 aromatic heterocycles. The summed E-state index contributed by atoms with van der Waals surface area (Å²) in [6.45, 7) is 2.55. The van der Waals surface area contributed by atoms with Crippen LogP contribution < -0.4 is 11.1 Å². The Balaban J connectivity index is 2.14. The van der Waals surface area contributed by atoms with Crippen LogP contribution in [0.3, 0.4) is 0 Å². The summed E-state index contributed by atoms with van der Waals surface area (Å²) in [5.74, 6) is -0.0190. The highest BCUT2D eigenvalue weighted by molar-refractivity contribution is 5.77. The molecule has 0 unspecified atom stereocenters. The molecule has 1 heterocycles. The number of rotatable bonds is 4. The maximum atomic E-state index is 11.3. The van der Waals surface area contributed by atoms with Crippen molar-refractivity contribution in [3.8, 4) is 0 Å². The number of likely N-dealkylation sites (tertiary alicyclic amines) is 1. The van der Waals surface area contributed by atoms with Gasteiger partial charge >= 0.3 is 0 Å². The number of nitrogens with zero attached hydrogens (tertiary/aromatic N) is 1. The minimum Gasteiger partial charge on any atom is -0.395 e. The summed E-state index contributed by atoms with van der Waals surface area (Å²) in [4.78, 5) is 13.3. The third-order valence-electron chi connectivity index (χ3n) is 2.43. The van der Waals surface area contributed by atoms with Crippen molar-refractivity contribution in [2.24, 2.45) is 5.73 Å². The van der Waals surface area contributed by atoms with Crippen LogP contribution in [0.4, 0.5) is 0 Å². The molecule has 0 aromatic rings. The van der Waals surface area contributed by atoms with E-state index in [9.17, 15) is 4.79 Å². The zero-order valence-electron chi connectivity index (χ0n) is 8.41. The van der Waals surface area contributed by atoms with E-state index in [0.29, 0.717) is 19.1 Å². The summed E-state index contributed by atoms with van der Waals surface area (Å²) in [5.41, 5.74) is 5.75. The van der Waals surface area contributed by atoms with Gasteiger partial charge in [-0.2, -0.15) is 0 Å². The quantitative estimate of drug-likeness (QED) is 0.518. The van der Waals surface area contributed by atoms with Crippen LogP contribution in [0.5, 0.6) is 0 Å². The van der Waals surface area contributed by atoms with E-state index < -0.39 is 0 Å². The van der Waals surface area contributed by atoms with Crippen molar-refractivity contribution in [2.75, 3.05) is 32.8 Å². The number of carbonyl (C=O) groups is 1. The van der Waals surface area contributed by atoms with Gasteiger partial charge in [0.2, 0.25) is 5.91 Å². The first-order valence-electron chi connectivity index (χ1n) is 5.08. The van der Waals surface area contributed by atoms with Gasteiger partial charge < -0.3 is 16.2 Å². The summed E-state index contributed by atoms with van der Waals surface area (Å²) in [5, 5.41) is 11.1. The van der Waals surface area contributed by atoms with Crippen molar-refractivity contribution in [3.05, 3.63) is 0 Å². The van der Waals surface area contributed by atoms with Gasteiger partial charge in [0.05, 0.1) is 13.2 Å². The van der Waals surface area contributed by atoms with Crippen LogP contribution in [0.1, 0.15) is 12.8 Å². The predicted molar refractivity (Wildman–Crippen MR) is 53.7 cm³/mol. The SMILES string of the molecule is NC1CCN(CC(=O)NCCO)CC1. The van der Waals surface area contributed by atoms with Crippen molar-refractivity contribution >= 4 is 5.91 Å². The lowest BCUT2D eigenvalue weighted by Gasteiger charge is -2.29. The molecule has 0 spiro atoms. The van der Waals surface area contributed by atoms with E-state index in [0.717, 1.165) is 25.9 Å². The number of piperidine rings is 1. The van der Waals surface area contributed by atoms with E-state index >= 15 is 0 Å². The summed E-state index contributed by atoms with van der Waals surface area (Å²) in [6.07, 6.45) is 1.93. The topological polar surface area (TPSA) is 78.6 Å². The Morgan fingerprint density at radius 3 is 2.71 bits per heavy atom. The molecule has 1 aliphatic heterocycles. The molecule has 0 aromatic carbocycles. The molecular formula is C9H19N3O2. The van der Waals surface area contributed by atoms with Crippen molar-refractivity contribution in [2.45, 2.75) is 18.9 Å². The molecule has 5 heteroatoms. The van der Waals surface area contributed by atoms with Gasteiger partial charge in [-0.1, -0.05) is 0 Å². The standard InChI is InChI=1S/C9H19N3O2/c10-8-1-4-12(5-2-8)7-9(14)11-3-6-13/h8,13H,1-7,10H2,(H,11,14). The van der Waals surface area contributed by atoms with E-state index in [2.05, 4.69) is 10.2 Å². The van der Waals surface area contributed by atoms with E-state index in [1.807, 2.05) is 0 Å². The predicted octanol–water partition coefficient (Wildman–Crippen LogP) is -1.48. The van der Waals surface area contributed by atoms with E-state index in [4.69, 9.17) is 10.8 Å². The van der Waals surface area contributed by atoms with Crippen LogP contribution >= 0.6 is 0 Å². The second kappa shape index (κ2) is 5.95. The first kappa shape index (κ1) is 11.4. The molecule has 1 aliphatic rings. The van der Waals surface area contributed by atoms with E-state index in [-0.39, 0.29) is 12.5 Å². The molecule has 82 valence electrons. The number of aliphatic hydroxyl groups excluding tert-OH is 1. The number of carbonyl (C=O) groups excluding carboxylic acids is 1. The van der Waals surface area contributed by atoms with Crippen LogP contribution in [0.25, 0.3) is 0 Å². The molecule has 1 saturated heterocycles. The van der Waals surface area contributed by atoms with Gasteiger partial charge in [0.15, 0.2) is 0 Å². The molecule has 0 radical (unpaired) electrons. The molecule has 1 rings (SSSR count). The highest BCUT2D eigenvalue weighted by atomic mass is 16.3. The Hall–Kier alpha value is -0.650. The lowest BCUT2D eigenvalue weighted by Crippen LogP contribution is -2.44. The second-order valence-corrected chi connectivity index (χ2v) is 3.69. The fourth-order valence-corrected chi connectivity index (χ4v) is 1.57. The molecule has 5 nitrogen and oxygen atoms in total. The van der Waals surface area contributed by atoms with Crippen LogP contribution in [-0.2, 0) is 4.79 Å². The number of nitrogens with two attached hydrogens (primary N) is 1. The molecule has 0 atom stereocenters. The minimum atomic E-state index is -0.0190. The molecule has 1 amide bonds. The molecule has 0 saturated carbocycles. The molecule has 0 aliphatic carbocycles. The van der Waals surface area contributed by atoms with Crippen molar-refractivity contribution in [3.63, 3.8) is 0 Å². The Kier molecular flexibility index (Phi) is 4.86. The normalized spacial score (nSPS) is 19.6. The molecule has 4 N–H and O–H groups in total. The first-order valence-corrected chi connectivity index (χ1v) is 5.08. The van der Waals surface area contributed by atoms with Crippen molar-refractivity contribution in [1.29, 1.82) is 0 Å². The summed E-state index contributed by atoms with van der Waals surface area (Å²) < 4.78 is 0. The van der Waals surface area contributed by atoms with Crippen LogP contribution in [0.2, 0.25) is 0 Å². The highest BCUT2D eigenvalue weighted by Crippen LogP contribution is 2.06. The lowest BCUT2D eigenvalue weighted by atomic mass is 10.1. The summed E-state index contributed by atoms with van der Waals surface area (Å²) in [7, 11) is 0. The van der Waals surface area contributed by atoms with Gasteiger partial charge in [-0.05, 0) is 12.8 Å². The Labute approximate surface area is 84.3 Å². The van der Waals surface area contributed by atoms with Gasteiger partial charge in [-0.15, -0.1) is 0 Å². The highest BCUT2D eigenvalue weighted by Gasteiger charge is 2.17.